The molecule has 0 saturated carbocycles. The number of aromatic nitrogens is 1. The van der Waals surface area contributed by atoms with Crippen LogP contribution in [0.4, 0.5) is 0 Å². The molecular weight excluding hydrogens is 264 g/mol. The molecule has 3 heteroatoms. The average Bonchev–Trinajstić information content (AvgIpc) is 2.92. The highest BCUT2D eigenvalue weighted by Gasteiger charge is 2.10. The van der Waals surface area contributed by atoms with Gasteiger partial charge in [0.25, 0.3) is 0 Å². The predicted octanol–water partition coefficient (Wildman–Crippen LogP) is 4.19. The zero-order valence-corrected chi connectivity index (χ0v) is 12.4. The Balaban J connectivity index is 1.71. The van der Waals surface area contributed by atoms with Crippen molar-refractivity contribution in [3.05, 3.63) is 65.2 Å². The lowest BCUT2D eigenvalue weighted by molar-refractivity contribution is 0.549. The maximum absolute atomic E-state index is 4.70. The van der Waals surface area contributed by atoms with Gasteiger partial charge in [0.05, 0.1) is 15.2 Å². The molecule has 0 bridgehead atoms. The van der Waals surface area contributed by atoms with E-state index in [0.717, 1.165) is 18.4 Å². The molecule has 20 heavy (non-hydrogen) atoms. The molecule has 1 unspecified atom stereocenters. The molecule has 3 aromatic rings. The van der Waals surface area contributed by atoms with E-state index < -0.39 is 0 Å². The largest absolute Gasteiger partial charge is 0.313 e. The Morgan fingerprint density at radius 1 is 1.05 bits per heavy atom. The molecular formula is C17H18N2S. The zero-order valence-electron chi connectivity index (χ0n) is 11.5. The molecule has 0 radical (unpaired) electrons. The minimum atomic E-state index is 0.392. The number of rotatable bonds is 5. The van der Waals surface area contributed by atoms with Crippen molar-refractivity contribution in [2.75, 3.05) is 7.05 Å². The number of hydrogen-bond acceptors (Lipinski definition) is 3. The summed E-state index contributed by atoms with van der Waals surface area (Å²) in [7, 11) is 2.02. The summed E-state index contributed by atoms with van der Waals surface area (Å²) in [5.41, 5.74) is 2.46. The van der Waals surface area contributed by atoms with Crippen LogP contribution < -0.4 is 5.32 Å². The summed E-state index contributed by atoms with van der Waals surface area (Å²) in [6.45, 7) is 0. The molecule has 3 rings (SSSR count). The van der Waals surface area contributed by atoms with Gasteiger partial charge in [-0.15, -0.1) is 11.3 Å². The Labute approximate surface area is 123 Å². The quantitative estimate of drug-likeness (QED) is 0.759. The van der Waals surface area contributed by atoms with Crippen LogP contribution in [0.3, 0.4) is 0 Å². The second-order valence-electron chi connectivity index (χ2n) is 4.87. The van der Waals surface area contributed by atoms with E-state index in [4.69, 9.17) is 4.98 Å². The van der Waals surface area contributed by atoms with Crippen LogP contribution in [0.5, 0.6) is 0 Å². The monoisotopic (exact) mass is 282 g/mol. The molecule has 1 atom stereocenters. The Bertz CT molecular complexity index is 643. The third-order valence-corrected chi connectivity index (χ3v) is 4.63. The van der Waals surface area contributed by atoms with Crippen molar-refractivity contribution >= 4 is 21.6 Å². The van der Waals surface area contributed by atoms with Gasteiger partial charge in [-0.05, 0) is 31.2 Å². The van der Waals surface area contributed by atoms with Gasteiger partial charge in [-0.2, -0.15) is 0 Å². The predicted molar refractivity (Wildman–Crippen MR) is 86.2 cm³/mol. The van der Waals surface area contributed by atoms with Crippen molar-refractivity contribution in [3.8, 4) is 0 Å². The summed E-state index contributed by atoms with van der Waals surface area (Å²) in [5.74, 6) is 0. The minimum Gasteiger partial charge on any atom is -0.313 e. The molecule has 0 aliphatic heterocycles. The van der Waals surface area contributed by atoms with Crippen molar-refractivity contribution in [2.24, 2.45) is 0 Å². The van der Waals surface area contributed by atoms with Crippen molar-refractivity contribution in [1.29, 1.82) is 0 Å². The first-order valence-electron chi connectivity index (χ1n) is 6.93. The van der Waals surface area contributed by atoms with Gasteiger partial charge < -0.3 is 5.32 Å². The molecule has 0 aliphatic rings. The van der Waals surface area contributed by atoms with Gasteiger partial charge in [0.15, 0.2) is 0 Å². The van der Waals surface area contributed by atoms with Crippen LogP contribution in [0.15, 0.2) is 54.6 Å². The number of para-hydroxylation sites is 1. The van der Waals surface area contributed by atoms with E-state index in [-0.39, 0.29) is 0 Å². The Kier molecular flexibility index (Phi) is 4.09. The number of hydrogen-bond donors (Lipinski definition) is 1. The van der Waals surface area contributed by atoms with E-state index in [2.05, 4.69) is 53.8 Å². The van der Waals surface area contributed by atoms with Gasteiger partial charge in [0.2, 0.25) is 0 Å². The number of nitrogens with one attached hydrogen (secondary N) is 1. The topological polar surface area (TPSA) is 24.9 Å². The fourth-order valence-corrected chi connectivity index (χ4v) is 3.44. The SMILES string of the molecule is CNC(CCc1nc2ccccc2s1)c1ccccc1. The number of benzene rings is 2. The van der Waals surface area contributed by atoms with Crippen molar-refractivity contribution in [3.63, 3.8) is 0 Å². The lowest BCUT2D eigenvalue weighted by atomic mass is 10.0. The number of aryl methyl sites for hydroxylation is 1. The van der Waals surface area contributed by atoms with Gasteiger partial charge in [-0.1, -0.05) is 42.5 Å². The van der Waals surface area contributed by atoms with E-state index in [0.29, 0.717) is 6.04 Å². The van der Waals surface area contributed by atoms with Crippen molar-refractivity contribution < 1.29 is 0 Å². The van der Waals surface area contributed by atoms with Gasteiger partial charge in [0, 0.05) is 12.5 Å². The molecule has 1 heterocycles. The number of fused-ring (bicyclic) bond motifs is 1. The van der Waals surface area contributed by atoms with Crippen LogP contribution in [0.2, 0.25) is 0 Å². The average molecular weight is 282 g/mol. The molecule has 2 nitrogen and oxygen atoms in total. The van der Waals surface area contributed by atoms with Gasteiger partial charge in [-0.25, -0.2) is 4.98 Å². The summed E-state index contributed by atoms with van der Waals surface area (Å²) >= 11 is 1.81. The maximum atomic E-state index is 4.70. The molecule has 1 N–H and O–H groups in total. The maximum Gasteiger partial charge on any atom is 0.0939 e. The highest BCUT2D eigenvalue weighted by Crippen LogP contribution is 2.25. The Morgan fingerprint density at radius 2 is 1.80 bits per heavy atom. The van der Waals surface area contributed by atoms with E-state index >= 15 is 0 Å². The Morgan fingerprint density at radius 3 is 2.55 bits per heavy atom. The third kappa shape index (κ3) is 2.89. The summed E-state index contributed by atoms with van der Waals surface area (Å²) in [6.07, 6.45) is 2.08. The van der Waals surface area contributed by atoms with Gasteiger partial charge in [0.1, 0.15) is 0 Å². The van der Waals surface area contributed by atoms with Crippen LogP contribution in [-0.2, 0) is 6.42 Å². The lowest BCUT2D eigenvalue weighted by Crippen LogP contribution is -2.16. The van der Waals surface area contributed by atoms with Gasteiger partial charge in [-0.3, -0.25) is 0 Å². The highest BCUT2D eigenvalue weighted by atomic mass is 32.1. The number of thiazole rings is 1. The second-order valence-corrected chi connectivity index (χ2v) is 5.98. The summed E-state index contributed by atoms with van der Waals surface area (Å²) in [6, 6.07) is 19.3. The standard InChI is InChI=1S/C17H18N2S/c1-18-14(13-7-3-2-4-8-13)11-12-17-19-15-9-5-6-10-16(15)20-17/h2-10,14,18H,11-12H2,1H3. The lowest BCUT2D eigenvalue weighted by Gasteiger charge is -2.15. The summed E-state index contributed by atoms with van der Waals surface area (Å²) in [4.78, 5) is 4.70. The molecule has 102 valence electrons. The van der Waals surface area contributed by atoms with Crippen molar-refractivity contribution in [2.45, 2.75) is 18.9 Å². The molecule has 0 fully saturated rings. The summed E-state index contributed by atoms with van der Waals surface area (Å²) < 4.78 is 1.28. The van der Waals surface area contributed by atoms with Crippen LogP contribution in [0.1, 0.15) is 23.0 Å². The van der Waals surface area contributed by atoms with Crippen LogP contribution >= 0.6 is 11.3 Å². The molecule has 0 saturated heterocycles. The zero-order chi connectivity index (χ0) is 13.8. The molecule has 0 amide bonds. The van der Waals surface area contributed by atoms with Crippen LogP contribution in [-0.4, -0.2) is 12.0 Å². The molecule has 1 aromatic heterocycles. The van der Waals surface area contributed by atoms with Gasteiger partial charge >= 0.3 is 0 Å². The second kappa shape index (κ2) is 6.16. The van der Waals surface area contributed by atoms with E-state index in [1.807, 2.05) is 13.1 Å². The van der Waals surface area contributed by atoms with Crippen molar-refractivity contribution in [1.82, 2.24) is 10.3 Å². The highest BCUT2D eigenvalue weighted by molar-refractivity contribution is 7.18. The molecule has 2 aromatic carbocycles. The number of nitrogens with zero attached hydrogens (tertiary/aromatic N) is 1. The van der Waals surface area contributed by atoms with E-state index in [1.165, 1.54) is 15.3 Å². The van der Waals surface area contributed by atoms with E-state index in [9.17, 15) is 0 Å². The first kappa shape index (κ1) is 13.3. The first-order valence-corrected chi connectivity index (χ1v) is 7.75. The Hall–Kier alpha value is -1.71. The molecule has 0 aliphatic carbocycles. The fraction of sp³-hybridized carbons (Fsp3) is 0.235. The minimum absolute atomic E-state index is 0.392. The summed E-state index contributed by atoms with van der Waals surface area (Å²) in [5, 5.41) is 4.62. The first-order chi connectivity index (χ1) is 9.86. The third-order valence-electron chi connectivity index (χ3n) is 3.54. The fourth-order valence-electron chi connectivity index (χ4n) is 2.46. The van der Waals surface area contributed by atoms with Crippen LogP contribution in [0, 0.1) is 0 Å². The van der Waals surface area contributed by atoms with Crippen LogP contribution in [0.25, 0.3) is 10.2 Å². The normalized spacial score (nSPS) is 12.7. The van der Waals surface area contributed by atoms with E-state index in [1.54, 1.807) is 11.3 Å². The smallest absolute Gasteiger partial charge is 0.0939 e. The molecule has 0 spiro atoms.